The van der Waals surface area contributed by atoms with E-state index < -0.39 is 29.1 Å². The highest BCUT2D eigenvalue weighted by Crippen LogP contribution is 2.27. The number of amides is 1. The van der Waals surface area contributed by atoms with Crippen LogP contribution in [0.25, 0.3) is 0 Å². The Morgan fingerprint density at radius 1 is 1.15 bits per heavy atom. The van der Waals surface area contributed by atoms with Gasteiger partial charge in [0.1, 0.15) is 17.4 Å². The van der Waals surface area contributed by atoms with Gasteiger partial charge in [-0.3, -0.25) is 9.59 Å². The molecule has 5 nitrogen and oxygen atoms in total. The lowest BCUT2D eigenvalue weighted by molar-refractivity contribution is -0.136. The zero-order valence-electron chi connectivity index (χ0n) is 14.2. The number of carbonyl (C=O) groups excluding carboxylic acids is 1. The van der Waals surface area contributed by atoms with Crippen LogP contribution in [0.15, 0.2) is 36.4 Å². The Morgan fingerprint density at radius 2 is 1.92 bits per heavy atom. The summed E-state index contributed by atoms with van der Waals surface area (Å²) in [5.74, 6) is -2.96. The first-order valence-electron chi connectivity index (χ1n) is 8.14. The largest absolute Gasteiger partial charge is 0.491 e. The third-order valence-corrected chi connectivity index (χ3v) is 3.55. The number of nitrogens with one attached hydrogen (secondary N) is 1. The van der Waals surface area contributed by atoms with Gasteiger partial charge in [-0.2, -0.15) is 0 Å². The normalized spacial score (nSPS) is 10.4. The Hall–Kier alpha value is -2.96. The number of rotatable bonds is 8. The molecule has 2 aromatic rings. The first-order valence-corrected chi connectivity index (χ1v) is 8.14. The van der Waals surface area contributed by atoms with Crippen molar-refractivity contribution in [1.82, 2.24) is 0 Å². The maximum Gasteiger partial charge on any atom is 0.303 e. The summed E-state index contributed by atoms with van der Waals surface area (Å²) >= 11 is 0. The second kappa shape index (κ2) is 8.94. The van der Waals surface area contributed by atoms with E-state index in [-0.39, 0.29) is 18.5 Å². The van der Waals surface area contributed by atoms with Crippen molar-refractivity contribution in [1.29, 1.82) is 0 Å². The molecule has 138 valence electrons. The van der Waals surface area contributed by atoms with Gasteiger partial charge in [0.2, 0.25) is 0 Å². The van der Waals surface area contributed by atoms with Crippen molar-refractivity contribution in [2.45, 2.75) is 26.2 Å². The number of halogens is 2. The zero-order valence-corrected chi connectivity index (χ0v) is 14.2. The van der Waals surface area contributed by atoms with Crippen LogP contribution in [0.4, 0.5) is 14.5 Å². The van der Waals surface area contributed by atoms with Gasteiger partial charge >= 0.3 is 5.97 Å². The van der Waals surface area contributed by atoms with Crippen molar-refractivity contribution in [3.63, 3.8) is 0 Å². The fourth-order valence-corrected chi connectivity index (χ4v) is 2.28. The average molecular weight is 363 g/mol. The summed E-state index contributed by atoms with van der Waals surface area (Å²) in [5, 5.41) is 11.3. The summed E-state index contributed by atoms with van der Waals surface area (Å²) in [4.78, 5) is 23.0. The van der Waals surface area contributed by atoms with Crippen molar-refractivity contribution in [3.8, 4) is 5.75 Å². The molecule has 0 aliphatic carbocycles. The van der Waals surface area contributed by atoms with Gasteiger partial charge in [0.05, 0.1) is 17.9 Å². The van der Waals surface area contributed by atoms with Crippen LogP contribution in [0, 0.1) is 11.6 Å². The number of aliphatic carboxylic acids is 1. The quantitative estimate of drug-likeness (QED) is 0.743. The summed E-state index contributed by atoms with van der Waals surface area (Å²) in [6, 6.07) is 7.50. The van der Waals surface area contributed by atoms with Crippen LogP contribution >= 0.6 is 0 Å². The number of carboxylic acid groups (broad SMARTS) is 1. The van der Waals surface area contributed by atoms with Crippen molar-refractivity contribution in [2.24, 2.45) is 0 Å². The Morgan fingerprint density at radius 3 is 2.62 bits per heavy atom. The predicted octanol–water partition coefficient (Wildman–Crippen LogP) is 4.02. The molecule has 2 N–H and O–H groups in total. The summed E-state index contributed by atoms with van der Waals surface area (Å²) < 4.78 is 32.7. The molecule has 0 radical (unpaired) electrons. The third-order valence-electron chi connectivity index (χ3n) is 3.55. The van der Waals surface area contributed by atoms with Gasteiger partial charge in [0.15, 0.2) is 0 Å². The van der Waals surface area contributed by atoms with E-state index in [1.165, 1.54) is 0 Å². The summed E-state index contributed by atoms with van der Waals surface area (Å²) in [6.07, 6.45) is 0.939. The van der Waals surface area contributed by atoms with E-state index in [9.17, 15) is 18.4 Å². The minimum Gasteiger partial charge on any atom is -0.491 e. The molecule has 0 aromatic heterocycles. The van der Waals surface area contributed by atoms with Gasteiger partial charge in [0.25, 0.3) is 5.91 Å². The smallest absolute Gasteiger partial charge is 0.303 e. The Bertz CT molecular complexity index is 808. The van der Waals surface area contributed by atoms with Crippen LogP contribution in [0.3, 0.4) is 0 Å². The molecule has 0 saturated heterocycles. The molecule has 2 rings (SSSR count). The van der Waals surface area contributed by atoms with Crippen LogP contribution in [0.1, 0.15) is 35.7 Å². The van der Waals surface area contributed by atoms with Gasteiger partial charge < -0.3 is 15.2 Å². The molecule has 0 unspecified atom stereocenters. The number of ether oxygens (including phenoxy) is 1. The van der Waals surface area contributed by atoms with Crippen molar-refractivity contribution in [2.75, 3.05) is 11.9 Å². The van der Waals surface area contributed by atoms with Crippen LogP contribution in [-0.2, 0) is 11.2 Å². The Balaban J connectivity index is 2.28. The highest BCUT2D eigenvalue weighted by Gasteiger charge is 2.16. The predicted molar refractivity (Wildman–Crippen MR) is 92.5 cm³/mol. The topological polar surface area (TPSA) is 75.6 Å². The standard InChI is InChI=1S/C19H19F2NO4/c1-2-9-26-17-7-3-12(4-8-18(23)24)10-16(17)22-19(25)14-11-13(20)5-6-15(14)21/h3,5-7,10-11H,2,4,8-9H2,1H3,(H,22,25)(H,23,24). The number of aryl methyl sites for hydroxylation is 1. The monoisotopic (exact) mass is 363 g/mol. The van der Waals surface area contributed by atoms with Gasteiger partial charge in [-0.15, -0.1) is 0 Å². The second-order valence-corrected chi connectivity index (χ2v) is 5.65. The summed E-state index contributed by atoms with van der Waals surface area (Å²) in [5.41, 5.74) is 0.517. The Kier molecular flexibility index (Phi) is 6.66. The lowest BCUT2D eigenvalue weighted by Gasteiger charge is -2.14. The fourth-order valence-electron chi connectivity index (χ4n) is 2.28. The molecule has 7 heteroatoms. The molecule has 0 fully saturated rings. The fraction of sp³-hybridized carbons (Fsp3) is 0.263. The molecule has 0 aliphatic rings. The van der Waals surface area contributed by atoms with E-state index in [0.717, 1.165) is 24.6 Å². The summed E-state index contributed by atoms with van der Waals surface area (Å²) in [6.45, 7) is 2.33. The lowest BCUT2D eigenvalue weighted by Crippen LogP contribution is -2.15. The molecule has 0 saturated carbocycles. The molecule has 0 atom stereocenters. The minimum atomic E-state index is -0.941. The van der Waals surface area contributed by atoms with Crippen molar-refractivity contribution < 1.29 is 28.2 Å². The molecule has 0 bridgehead atoms. The van der Waals surface area contributed by atoms with Crippen molar-refractivity contribution in [3.05, 3.63) is 59.2 Å². The van der Waals surface area contributed by atoms with E-state index in [4.69, 9.17) is 9.84 Å². The van der Waals surface area contributed by atoms with Crippen molar-refractivity contribution >= 4 is 17.6 Å². The zero-order chi connectivity index (χ0) is 19.1. The molecule has 26 heavy (non-hydrogen) atoms. The molecule has 2 aromatic carbocycles. The van der Waals surface area contributed by atoms with Crippen LogP contribution < -0.4 is 10.1 Å². The summed E-state index contributed by atoms with van der Waals surface area (Å²) in [7, 11) is 0. The number of hydrogen-bond donors (Lipinski definition) is 2. The first-order chi connectivity index (χ1) is 12.4. The number of carboxylic acids is 1. The van der Waals surface area contributed by atoms with Gasteiger partial charge in [0, 0.05) is 6.42 Å². The Labute approximate surface area is 149 Å². The molecular formula is C19H19F2NO4. The molecule has 1 amide bonds. The minimum absolute atomic E-state index is 0.0684. The average Bonchev–Trinajstić information content (AvgIpc) is 2.61. The van der Waals surface area contributed by atoms with E-state index in [2.05, 4.69) is 5.32 Å². The number of hydrogen-bond acceptors (Lipinski definition) is 3. The van der Waals surface area contributed by atoms with E-state index in [1.807, 2.05) is 6.92 Å². The first kappa shape index (κ1) is 19.4. The van der Waals surface area contributed by atoms with E-state index in [0.29, 0.717) is 17.9 Å². The van der Waals surface area contributed by atoms with E-state index >= 15 is 0 Å². The highest BCUT2D eigenvalue weighted by atomic mass is 19.1. The molecular weight excluding hydrogens is 344 g/mol. The lowest BCUT2D eigenvalue weighted by atomic mass is 10.1. The maximum atomic E-state index is 13.8. The SMILES string of the molecule is CCCOc1ccc(CCC(=O)O)cc1NC(=O)c1cc(F)ccc1F. The van der Waals surface area contributed by atoms with Crippen LogP contribution in [-0.4, -0.2) is 23.6 Å². The number of anilines is 1. The number of benzene rings is 2. The third kappa shape index (κ3) is 5.27. The number of carbonyl (C=O) groups is 2. The van der Waals surface area contributed by atoms with E-state index in [1.54, 1.807) is 18.2 Å². The van der Waals surface area contributed by atoms with Gasteiger partial charge in [-0.1, -0.05) is 13.0 Å². The molecule has 0 aliphatic heterocycles. The molecule has 0 spiro atoms. The van der Waals surface area contributed by atoms with Crippen LogP contribution in [0.5, 0.6) is 5.75 Å². The second-order valence-electron chi connectivity index (χ2n) is 5.65. The van der Waals surface area contributed by atoms with Crippen LogP contribution in [0.2, 0.25) is 0 Å². The van der Waals surface area contributed by atoms with Gasteiger partial charge in [-0.05, 0) is 48.7 Å². The highest BCUT2D eigenvalue weighted by molar-refractivity contribution is 6.05. The molecule has 0 heterocycles. The van der Waals surface area contributed by atoms with Gasteiger partial charge in [-0.25, -0.2) is 8.78 Å². The maximum absolute atomic E-state index is 13.8.